The predicted octanol–water partition coefficient (Wildman–Crippen LogP) is 4.53. The zero-order valence-electron chi connectivity index (χ0n) is 18.4. The Balaban J connectivity index is 1.88. The van der Waals surface area contributed by atoms with Gasteiger partial charge in [0, 0.05) is 17.7 Å². The van der Waals surface area contributed by atoms with Gasteiger partial charge in [0.25, 0.3) is 0 Å². The van der Waals surface area contributed by atoms with Gasteiger partial charge in [0.2, 0.25) is 11.6 Å². The van der Waals surface area contributed by atoms with Gasteiger partial charge in [-0.25, -0.2) is 9.50 Å². The van der Waals surface area contributed by atoms with Crippen molar-refractivity contribution in [2.75, 3.05) is 21.3 Å². The molecule has 160 valence electrons. The van der Waals surface area contributed by atoms with Gasteiger partial charge in [-0.15, -0.1) is 5.10 Å². The minimum Gasteiger partial charge on any atom is -0.493 e. The highest BCUT2D eigenvalue weighted by molar-refractivity contribution is 5.66. The molecule has 2 heterocycles. The van der Waals surface area contributed by atoms with E-state index < -0.39 is 0 Å². The number of fused-ring (bicyclic) bond motifs is 1. The minimum absolute atomic E-state index is 0.387. The zero-order valence-corrected chi connectivity index (χ0v) is 18.4. The van der Waals surface area contributed by atoms with Crippen molar-refractivity contribution in [1.82, 2.24) is 19.6 Å². The molecule has 0 amide bonds. The summed E-state index contributed by atoms with van der Waals surface area (Å²) in [7, 11) is 4.68. The Kier molecular flexibility index (Phi) is 5.37. The maximum atomic E-state index is 6.23. The molecule has 0 unspecified atom stereocenters. The van der Waals surface area contributed by atoms with Gasteiger partial charge in [-0.05, 0) is 20.8 Å². The fourth-order valence-corrected chi connectivity index (χ4v) is 3.42. The second kappa shape index (κ2) is 8.14. The first-order chi connectivity index (χ1) is 14.9. The Morgan fingerprint density at radius 1 is 0.806 bits per heavy atom. The number of methoxy groups -OCH3 is 3. The molecule has 8 heteroatoms. The molecule has 2 aromatic carbocycles. The number of aryl methyl sites for hydroxylation is 3. The highest BCUT2D eigenvalue weighted by Gasteiger charge is 2.20. The Hall–Kier alpha value is -3.81. The van der Waals surface area contributed by atoms with Gasteiger partial charge in [-0.3, -0.25) is 0 Å². The van der Waals surface area contributed by atoms with Crippen LogP contribution in [0.15, 0.2) is 36.4 Å². The van der Waals surface area contributed by atoms with E-state index in [4.69, 9.17) is 23.9 Å². The number of nitrogens with zero attached hydrogens (tertiary/aromatic N) is 4. The van der Waals surface area contributed by atoms with Crippen LogP contribution in [-0.2, 0) is 0 Å². The van der Waals surface area contributed by atoms with E-state index >= 15 is 0 Å². The Morgan fingerprint density at radius 2 is 1.45 bits per heavy atom. The Labute approximate surface area is 180 Å². The molecule has 0 spiro atoms. The van der Waals surface area contributed by atoms with E-state index in [1.807, 2.05) is 45.0 Å². The number of rotatable bonds is 6. The molecule has 0 radical (unpaired) electrons. The molecule has 2 aromatic heterocycles. The molecule has 0 saturated carbocycles. The van der Waals surface area contributed by atoms with Gasteiger partial charge < -0.3 is 18.9 Å². The van der Waals surface area contributed by atoms with E-state index in [9.17, 15) is 0 Å². The van der Waals surface area contributed by atoms with Gasteiger partial charge in [0.05, 0.1) is 27.0 Å². The molecule has 0 N–H and O–H groups in total. The summed E-state index contributed by atoms with van der Waals surface area (Å²) >= 11 is 0. The van der Waals surface area contributed by atoms with Gasteiger partial charge in [-0.2, -0.15) is 4.98 Å². The standard InChI is InChI=1S/C23H24N4O4/c1-13-7-9-16(10-8-13)22-25-23(20-14(2)24-15(3)27(20)26-22)31-17-11-18(28-4)21(30-6)19(12-17)29-5/h7-12H,1-6H3. The lowest BCUT2D eigenvalue weighted by Crippen LogP contribution is -2.03. The van der Waals surface area contributed by atoms with Crippen molar-refractivity contribution in [1.29, 1.82) is 0 Å². The fraction of sp³-hybridized carbons (Fsp3) is 0.261. The number of aromatic nitrogens is 4. The number of benzene rings is 2. The summed E-state index contributed by atoms with van der Waals surface area (Å²) in [6.45, 7) is 5.84. The molecule has 0 bridgehead atoms. The van der Waals surface area contributed by atoms with Crippen LogP contribution in [0.25, 0.3) is 16.9 Å². The molecule has 0 fully saturated rings. The lowest BCUT2D eigenvalue weighted by atomic mass is 10.1. The Morgan fingerprint density at radius 3 is 2.03 bits per heavy atom. The van der Waals surface area contributed by atoms with Crippen LogP contribution < -0.4 is 18.9 Å². The summed E-state index contributed by atoms with van der Waals surface area (Å²) in [6, 6.07) is 11.5. The van der Waals surface area contributed by atoms with Crippen LogP contribution in [0.3, 0.4) is 0 Å². The van der Waals surface area contributed by atoms with Crippen LogP contribution in [0.2, 0.25) is 0 Å². The molecular weight excluding hydrogens is 396 g/mol. The normalized spacial score (nSPS) is 10.9. The maximum Gasteiger partial charge on any atom is 0.249 e. The van der Waals surface area contributed by atoms with Crippen LogP contribution in [-0.4, -0.2) is 40.9 Å². The summed E-state index contributed by atoms with van der Waals surface area (Å²) in [5.41, 5.74) is 3.51. The molecule has 31 heavy (non-hydrogen) atoms. The largest absolute Gasteiger partial charge is 0.493 e. The van der Waals surface area contributed by atoms with Crippen molar-refractivity contribution in [2.24, 2.45) is 0 Å². The average molecular weight is 420 g/mol. The molecule has 0 aliphatic carbocycles. The first-order valence-electron chi connectivity index (χ1n) is 9.74. The lowest BCUT2D eigenvalue weighted by Gasteiger charge is -2.15. The third kappa shape index (κ3) is 3.72. The molecule has 4 aromatic rings. The van der Waals surface area contributed by atoms with Crippen molar-refractivity contribution >= 4 is 5.52 Å². The second-order valence-electron chi connectivity index (χ2n) is 7.07. The molecule has 0 atom stereocenters. The molecular formula is C23H24N4O4. The molecule has 0 saturated heterocycles. The van der Waals surface area contributed by atoms with E-state index in [0.29, 0.717) is 40.2 Å². The fourth-order valence-electron chi connectivity index (χ4n) is 3.42. The maximum absolute atomic E-state index is 6.23. The van der Waals surface area contributed by atoms with Crippen molar-refractivity contribution in [3.8, 4) is 40.3 Å². The number of hydrogen-bond donors (Lipinski definition) is 0. The first kappa shape index (κ1) is 20.5. The second-order valence-corrected chi connectivity index (χ2v) is 7.07. The third-order valence-electron chi connectivity index (χ3n) is 4.96. The van der Waals surface area contributed by atoms with Crippen LogP contribution >= 0.6 is 0 Å². The SMILES string of the molecule is COc1cc(Oc2nc(-c3ccc(C)cc3)nn3c(C)nc(C)c23)cc(OC)c1OC. The van der Waals surface area contributed by atoms with Gasteiger partial charge in [0.15, 0.2) is 22.8 Å². The number of hydrogen-bond acceptors (Lipinski definition) is 7. The molecule has 8 nitrogen and oxygen atoms in total. The number of ether oxygens (including phenoxy) is 4. The number of imidazole rings is 1. The first-order valence-corrected chi connectivity index (χ1v) is 9.74. The highest BCUT2D eigenvalue weighted by atomic mass is 16.5. The van der Waals surface area contributed by atoms with E-state index in [0.717, 1.165) is 22.6 Å². The van der Waals surface area contributed by atoms with Crippen molar-refractivity contribution < 1.29 is 18.9 Å². The quantitative estimate of drug-likeness (QED) is 0.453. The van der Waals surface area contributed by atoms with Crippen LogP contribution in [0.1, 0.15) is 17.1 Å². The molecule has 4 rings (SSSR count). The Bertz CT molecular complexity index is 1220. The average Bonchev–Trinajstić information content (AvgIpc) is 3.07. The molecule has 0 aliphatic heterocycles. The van der Waals surface area contributed by atoms with Gasteiger partial charge >= 0.3 is 0 Å². The van der Waals surface area contributed by atoms with Gasteiger partial charge in [0.1, 0.15) is 11.6 Å². The van der Waals surface area contributed by atoms with Gasteiger partial charge in [-0.1, -0.05) is 29.8 Å². The van der Waals surface area contributed by atoms with Crippen LogP contribution in [0.4, 0.5) is 0 Å². The van der Waals surface area contributed by atoms with E-state index in [2.05, 4.69) is 10.1 Å². The van der Waals surface area contributed by atoms with Crippen molar-refractivity contribution in [3.63, 3.8) is 0 Å². The smallest absolute Gasteiger partial charge is 0.249 e. The van der Waals surface area contributed by atoms with Crippen LogP contribution in [0.5, 0.6) is 28.9 Å². The molecule has 0 aliphatic rings. The summed E-state index contributed by atoms with van der Waals surface area (Å²) in [4.78, 5) is 9.26. The zero-order chi connectivity index (χ0) is 22.1. The van der Waals surface area contributed by atoms with E-state index in [1.165, 1.54) is 0 Å². The minimum atomic E-state index is 0.387. The summed E-state index contributed by atoms with van der Waals surface area (Å²) in [5, 5.41) is 4.69. The third-order valence-corrected chi connectivity index (χ3v) is 4.96. The lowest BCUT2D eigenvalue weighted by molar-refractivity contribution is 0.320. The van der Waals surface area contributed by atoms with Crippen molar-refractivity contribution in [2.45, 2.75) is 20.8 Å². The monoisotopic (exact) mass is 420 g/mol. The van der Waals surface area contributed by atoms with E-state index in [1.54, 1.807) is 38.0 Å². The van der Waals surface area contributed by atoms with Crippen LogP contribution in [0, 0.1) is 20.8 Å². The topological polar surface area (TPSA) is 80.0 Å². The summed E-state index contributed by atoms with van der Waals surface area (Å²) in [5.74, 6) is 3.63. The van der Waals surface area contributed by atoms with E-state index in [-0.39, 0.29) is 0 Å². The summed E-state index contributed by atoms with van der Waals surface area (Å²) < 4.78 is 24.3. The highest BCUT2D eigenvalue weighted by Crippen LogP contribution is 2.42. The van der Waals surface area contributed by atoms with Crippen molar-refractivity contribution in [3.05, 3.63) is 53.5 Å². The predicted molar refractivity (Wildman–Crippen MR) is 117 cm³/mol. The summed E-state index contributed by atoms with van der Waals surface area (Å²) in [6.07, 6.45) is 0.